The first-order chi connectivity index (χ1) is 13.3. The summed E-state index contributed by atoms with van der Waals surface area (Å²) in [6.07, 6.45) is 3.59. The van der Waals surface area contributed by atoms with Gasteiger partial charge in [-0.3, -0.25) is 4.99 Å². The van der Waals surface area contributed by atoms with Crippen molar-refractivity contribution in [2.75, 3.05) is 65.3 Å². The van der Waals surface area contributed by atoms with Crippen LogP contribution in [-0.2, 0) is 19.5 Å². The molecular formula is C19H39IN4O4S. The Bertz CT molecular complexity index is 603. The number of piperazine rings is 1. The summed E-state index contributed by atoms with van der Waals surface area (Å²) in [7, 11) is -1.48. The molecule has 0 amide bonds. The van der Waals surface area contributed by atoms with Crippen LogP contribution in [0.5, 0.6) is 0 Å². The fourth-order valence-electron chi connectivity index (χ4n) is 3.42. The average Bonchev–Trinajstić information content (AvgIpc) is 3.42. The van der Waals surface area contributed by atoms with E-state index in [0.717, 1.165) is 32.1 Å². The first-order valence-electron chi connectivity index (χ1n) is 10.4. The van der Waals surface area contributed by atoms with E-state index in [-0.39, 0.29) is 42.4 Å². The van der Waals surface area contributed by atoms with Gasteiger partial charge >= 0.3 is 0 Å². The average molecular weight is 547 g/mol. The van der Waals surface area contributed by atoms with Gasteiger partial charge in [0, 0.05) is 53.0 Å². The maximum Gasteiger partial charge on any atom is 0.216 e. The highest BCUT2D eigenvalue weighted by molar-refractivity contribution is 14.0. The number of rotatable bonds is 11. The molecule has 0 radical (unpaired) electrons. The highest BCUT2D eigenvalue weighted by atomic mass is 127. The molecule has 29 heavy (non-hydrogen) atoms. The minimum atomic E-state index is -3.27. The molecule has 1 N–H and O–H groups in total. The van der Waals surface area contributed by atoms with E-state index in [9.17, 15) is 8.42 Å². The third-order valence-electron chi connectivity index (χ3n) is 5.50. The summed E-state index contributed by atoms with van der Waals surface area (Å²) < 4.78 is 37.4. The molecule has 0 aromatic rings. The predicted molar refractivity (Wildman–Crippen MR) is 128 cm³/mol. The van der Waals surface area contributed by atoms with E-state index < -0.39 is 10.0 Å². The van der Waals surface area contributed by atoms with Crippen LogP contribution < -0.4 is 5.32 Å². The number of hydrogen-bond donors (Lipinski definition) is 1. The van der Waals surface area contributed by atoms with Gasteiger partial charge in [-0.15, -0.1) is 24.0 Å². The monoisotopic (exact) mass is 546 g/mol. The summed E-state index contributed by atoms with van der Waals surface area (Å²) in [5.74, 6) is 0.906. The number of halogens is 1. The van der Waals surface area contributed by atoms with E-state index in [1.165, 1.54) is 12.8 Å². The van der Waals surface area contributed by atoms with Gasteiger partial charge in [0.1, 0.15) is 0 Å². The van der Waals surface area contributed by atoms with Crippen LogP contribution in [0.2, 0.25) is 0 Å². The van der Waals surface area contributed by atoms with Gasteiger partial charge in [-0.25, -0.2) is 8.42 Å². The topological polar surface area (TPSA) is 83.5 Å². The van der Waals surface area contributed by atoms with Crippen LogP contribution in [0.25, 0.3) is 0 Å². The van der Waals surface area contributed by atoms with Gasteiger partial charge in [0.2, 0.25) is 10.0 Å². The van der Waals surface area contributed by atoms with Gasteiger partial charge in [-0.1, -0.05) is 0 Å². The highest BCUT2D eigenvalue weighted by Crippen LogP contribution is 2.48. The molecule has 1 heterocycles. The van der Waals surface area contributed by atoms with Crippen LogP contribution in [0.3, 0.4) is 0 Å². The van der Waals surface area contributed by atoms with Gasteiger partial charge in [-0.05, 0) is 45.4 Å². The van der Waals surface area contributed by atoms with Gasteiger partial charge in [0.05, 0.1) is 18.5 Å². The molecule has 2 rings (SSSR count). The van der Waals surface area contributed by atoms with Crippen molar-refractivity contribution in [3.63, 3.8) is 0 Å². The van der Waals surface area contributed by atoms with Crippen molar-refractivity contribution < 1.29 is 17.9 Å². The molecule has 0 unspecified atom stereocenters. The summed E-state index contributed by atoms with van der Waals surface area (Å²) in [4.78, 5) is 6.56. The molecule has 0 aromatic heterocycles. The van der Waals surface area contributed by atoms with Crippen molar-refractivity contribution >= 4 is 40.0 Å². The lowest BCUT2D eigenvalue weighted by Crippen LogP contribution is -2.54. The lowest BCUT2D eigenvalue weighted by atomic mass is 10.0. The number of aliphatic imine (C=N–C) groups is 1. The van der Waals surface area contributed by atoms with Crippen molar-refractivity contribution in [3.05, 3.63) is 0 Å². The number of sulfonamides is 1. The van der Waals surface area contributed by atoms with E-state index in [0.29, 0.717) is 31.6 Å². The largest absolute Gasteiger partial charge is 0.382 e. The fourth-order valence-corrected chi connectivity index (χ4v) is 4.70. The van der Waals surface area contributed by atoms with Crippen molar-refractivity contribution in [1.82, 2.24) is 14.5 Å². The first-order valence-corrected chi connectivity index (χ1v) is 12.1. The number of nitrogens with zero attached hydrogens (tertiary/aromatic N) is 3. The molecule has 10 heteroatoms. The van der Waals surface area contributed by atoms with E-state index in [2.05, 4.69) is 15.2 Å². The summed E-state index contributed by atoms with van der Waals surface area (Å²) in [6, 6.07) is 0. The molecule has 2 aliphatic rings. The Morgan fingerprint density at radius 3 is 2.34 bits per heavy atom. The fraction of sp³-hybridized carbons (Fsp3) is 0.947. The normalized spacial score (nSPS) is 19.9. The minimum absolute atomic E-state index is 0. The van der Waals surface area contributed by atoms with Gasteiger partial charge in [0.15, 0.2) is 5.96 Å². The van der Waals surface area contributed by atoms with Gasteiger partial charge < -0.3 is 19.7 Å². The smallest absolute Gasteiger partial charge is 0.216 e. The second-order valence-electron chi connectivity index (χ2n) is 7.97. The number of nitrogens with one attached hydrogen (secondary N) is 1. The third-order valence-corrected chi connectivity index (χ3v) is 7.33. The molecule has 1 aliphatic carbocycles. The molecule has 1 aliphatic heterocycles. The summed E-state index contributed by atoms with van der Waals surface area (Å²) in [5.41, 5.74) is 0.340. The van der Waals surface area contributed by atoms with Crippen molar-refractivity contribution in [2.24, 2.45) is 10.4 Å². The van der Waals surface area contributed by atoms with Crippen LogP contribution in [0.1, 0.15) is 40.0 Å². The van der Waals surface area contributed by atoms with Crippen molar-refractivity contribution in [1.29, 1.82) is 0 Å². The Labute approximate surface area is 193 Å². The lowest BCUT2D eigenvalue weighted by molar-refractivity contribution is 0.0904. The molecule has 1 saturated carbocycles. The maximum absolute atomic E-state index is 12.5. The Balaban J connectivity index is 0.00000420. The molecular weight excluding hydrogens is 507 g/mol. The number of guanidine groups is 1. The Morgan fingerprint density at radius 1 is 1.17 bits per heavy atom. The van der Waals surface area contributed by atoms with E-state index in [4.69, 9.17) is 9.47 Å². The highest BCUT2D eigenvalue weighted by Gasteiger charge is 2.42. The second kappa shape index (κ2) is 12.6. The standard InChI is InChI=1S/C19H38N4O4S.HI/c1-5-26-13-8-19(6-7-19)16-21-18(20-4)22-9-11-23(12-10-22)28(24,25)15-14-27-17(2)3;/h17H,5-16H2,1-4H3,(H,20,21);1H. The third kappa shape index (κ3) is 8.84. The zero-order valence-electron chi connectivity index (χ0n) is 18.4. The molecule has 172 valence electrons. The zero-order chi connectivity index (χ0) is 20.6. The summed E-state index contributed by atoms with van der Waals surface area (Å²) >= 11 is 0. The molecule has 0 atom stereocenters. The first kappa shape index (κ1) is 26.9. The van der Waals surface area contributed by atoms with Crippen molar-refractivity contribution in [3.8, 4) is 0 Å². The van der Waals surface area contributed by atoms with Gasteiger partial charge in [-0.2, -0.15) is 4.31 Å². The van der Waals surface area contributed by atoms with Crippen molar-refractivity contribution in [2.45, 2.75) is 46.1 Å². The number of hydrogen-bond acceptors (Lipinski definition) is 5. The van der Waals surface area contributed by atoms with Crippen LogP contribution in [0.4, 0.5) is 0 Å². The molecule has 0 bridgehead atoms. The van der Waals surface area contributed by atoms with Crippen LogP contribution in [0.15, 0.2) is 4.99 Å². The van der Waals surface area contributed by atoms with E-state index in [1.54, 1.807) is 11.4 Å². The van der Waals surface area contributed by atoms with Crippen LogP contribution in [0, 0.1) is 5.41 Å². The minimum Gasteiger partial charge on any atom is -0.382 e. The molecule has 0 spiro atoms. The Kier molecular flexibility index (Phi) is 11.7. The Hall–Kier alpha value is -0.170. The Morgan fingerprint density at radius 2 is 1.83 bits per heavy atom. The second-order valence-corrected chi connectivity index (χ2v) is 10.1. The van der Waals surface area contributed by atoms with E-state index in [1.807, 2.05) is 20.8 Å². The number of ether oxygens (including phenoxy) is 2. The quantitative estimate of drug-likeness (QED) is 0.184. The molecule has 0 aromatic carbocycles. The van der Waals surface area contributed by atoms with Crippen LogP contribution in [-0.4, -0.2) is 95.0 Å². The molecule has 8 nitrogen and oxygen atoms in total. The van der Waals surface area contributed by atoms with E-state index >= 15 is 0 Å². The SMILES string of the molecule is CCOCCC1(CNC(=NC)N2CCN(S(=O)(=O)CCOC(C)C)CC2)CC1.I. The zero-order valence-corrected chi connectivity index (χ0v) is 21.5. The molecule has 1 saturated heterocycles. The summed E-state index contributed by atoms with van der Waals surface area (Å²) in [5, 5.41) is 3.50. The van der Waals surface area contributed by atoms with Crippen LogP contribution >= 0.6 is 24.0 Å². The lowest BCUT2D eigenvalue weighted by Gasteiger charge is -2.36. The maximum atomic E-state index is 12.5. The molecule has 2 fully saturated rings. The van der Waals surface area contributed by atoms with Gasteiger partial charge in [0.25, 0.3) is 0 Å². The summed E-state index contributed by atoms with van der Waals surface area (Å²) in [6.45, 7) is 10.8. The predicted octanol–water partition coefficient (Wildman–Crippen LogP) is 1.76.